The van der Waals surface area contributed by atoms with Crippen molar-refractivity contribution in [3.05, 3.63) is 83.4 Å². The second-order valence-electron chi connectivity index (χ2n) is 8.95. The smallest absolute Gasteiger partial charge is 0.416 e. The molecular weight excluding hydrogens is 439 g/mol. The molecule has 1 aliphatic rings. The number of nitrogens with zero attached hydrogens (tertiary/aromatic N) is 1. The number of benzene rings is 2. The van der Waals surface area contributed by atoms with E-state index in [4.69, 9.17) is 0 Å². The Morgan fingerprint density at radius 3 is 2.44 bits per heavy atom. The van der Waals surface area contributed by atoms with Crippen molar-refractivity contribution in [3.8, 4) is 11.8 Å². The minimum Gasteiger partial charge on any atom is -0.481 e. The van der Waals surface area contributed by atoms with Crippen LogP contribution in [0.5, 0.6) is 0 Å². The fraction of sp³-hybridized carbons (Fsp3) is 0.393. The van der Waals surface area contributed by atoms with Gasteiger partial charge < -0.3 is 5.11 Å². The number of allylic oxidation sites excluding steroid dienone is 1. The van der Waals surface area contributed by atoms with E-state index in [2.05, 4.69) is 35.5 Å². The lowest BCUT2D eigenvalue weighted by Gasteiger charge is -2.42. The fourth-order valence-corrected chi connectivity index (χ4v) is 4.56. The molecule has 1 fully saturated rings. The zero-order chi connectivity index (χ0) is 24.7. The normalized spacial score (nSPS) is 19.6. The van der Waals surface area contributed by atoms with Gasteiger partial charge in [-0.1, -0.05) is 60.9 Å². The number of likely N-dealkylation sites (tertiary alicyclic amines) is 1. The van der Waals surface area contributed by atoms with Crippen molar-refractivity contribution in [1.29, 1.82) is 0 Å². The molecule has 0 aliphatic carbocycles. The number of carboxylic acids is 1. The molecule has 34 heavy (non-hydrogen) atoms. The van der Waals surface area contributed by atoms with E-state index in [-0.39, 0.29) is 24.4 Å². The summed E-state index contributed by atoms with van der Waals surface area (Å²) in [7, 11) is 0. The molecule has 6 heteroatoms. The summed E-state index contributed by atoms with van der Waals surface area (Å²) in [6, 6.07) is 15.0. The third kappa shape index (κ3) is 7.23. The molecule has 1 N–H and O–H groups in total. The van der Waals surface area contributed by atoms with Crippen molar-refractivity contribution >= 4 is 5.97 Å². The van der Waals surface area contributed by atoms with Crippen molar-refractivity contribution in [3.63, 3.8) is 0 Å². The second kappa shape index (κ2) is 11.4. The summed E-state index contributed by atoms with van der Waals surface area (Å²) in [5.41, 5.74) is 2.00. The van der Waals surface area contributed by atoms with Crippen LogP contribution in [0, 0.1) is 17.8 Å². The van der Waals surface area contributed by atoms with Gasteiger partial charge in [0.05, 0.1) is 11.6 Å². The molecule has 0 radical (unpaired) electrons. The van der Waals surface area contributed by atoms with Gasteiger partial charge in [-0.05, 0) is 67.4 Å². The summed E-state index contributed by atoms with van der Waals surface area (Å²) in [4.78, 5) is 13.6. The summed E-state index contributed by atoms with van der Waals surface area (Å²) in [6.45, 7) is 6.36. The Morgan fingerprint density at radius 1 is 1.18 bits per heavy atom. The molecule has 1 aliphatic heterocycles. The first-order valence-electron chi connectivity index (χ1n) is 11.5. The molecule has 3 rings (SSSR count). The number of aryl methyl sites for hydroxylation is 1. The number of hydrogen-bond donors (Lipinski definition) is 1. The lowest BCUT2D eigenvalue weighted by molar-refractivity contribution is -0.139. The van der Waals surface area contributed by atoms with Crippen molar-refractivity contribution in [1.82, 2.24) is 4.90 Å². The van der Waals surface area contributed by atoms with Gasteiger partial charge in [0.25, 0.3) is 0 Å². The summed E-state index contributed by atoms with van der Waals surface area (Å²) in [5.74, 6) is 5.53. The molecule has 1 heterocycles. The van der Waals surface area contributed by atoms with Gasteiger partial charge >= 0.3 is 12.1 Å². The van der Waals surface area contributed by atoms with Crippen LogP contribution in [0.1, 0.15) is 55.3 Å². The Morgan fingerprint density at radius 2 is 1.85 bits per heavy atom. The minimum atomic E-state index is -4.40. The van der Waals surface area contributed by atoms with Gasteiger partial charge in [-0.2, -0.15) is 13.2 Å². The standard InChI is InChI=1S/C28H30F3NO2/c1-20(2)8-14-25(15-9-21-6-4-3-5-7-21)32-17-16-22(19-27(33)34)18-26(32)23-10-12-24(13-11-23)28(29,30)31/h3-7,10-13,22,25-26H,1,9,15-19H2,2H3,(H,33,34)/t22-,25-,26+/m1/s1. The summed E-state index contributed by atoms with van der Waals surface area (Å²) >= 11 is 0. The number of aliphatic carboxylic acids is 1. The van der Waals surface area contributed by atoms with Crippen LogP contribution >= 0.6 is 0 Å². The predicted molar refractivity (Wildman–Crippen MR) is 127 cm³/mol. The average molecular weight is 470 g/mol. The van der Waals surface area contributed by atoms with E-state index >= 15 is 0 Å². The molecule has 0 aromatic heterocycles. The summed E-state index contributed by atoms with van der Waals surface area (Å²) < 4.78 is 39.3. The Hall–Kier alpha value is -3.04. The third-order valence-corrected chi connectivity index (χ3v) is 6.24. The topological polar surface area (TPSA) is 40.5 Å². The molecule has 2 aromatic rings. The number of piperidine rings is 1. The SMILES string of the molecule is C=C(C)C#C[C@H](CCc1ccccc1)N1CC[C@@H](CC(=O)O)C[C@H]1c1ccc(C(F)(F)F)cc1. The van der Waals surface area contributed by atoms with Gasteiger partial charge in [0.15, 0.2) is 0 Å². The monoisotopic (exact) mass is 469 g/mol. The molecule has 0 bridgehead atoms. The van der Waals surface area contributed by atoms with Crippen LogP contribution in [-0.2, 0) is 17.4 Å². The van der Waals surface area contributed by atoms with Crippen molar-refractivity contribution in [2.45, 2.75) is 57.3 Å². The van der Waals surface area contributed by atoms with Gasteiger partial charge in [0.1, 0.15) is 0 Å². The third-order valence-electron chi connectivity index (χ3n) is 6.24. The highest BCUT2D eigenvalue weighted by Gasteiger charge is 2.35. The van der Waals surface area contributed by atoms with E-state index in [1.54, 1.807) is 0 Å². The number of hydrogen-bond acceptors (Lipinski definition) is 2. The maximum absolute atomic E-state index is 13.1. The first kappa shape index (κ1) is 25.6. The van der Waals surface area contributed by atoms with Crippen molar-refractivity contribution in [2.75, 3.05) is 6.54 Å². The van der Waals surface area contributed by atoms with Gasteiger partial charge in [-0.25, -0.2) is 0 Å². The Labute approximate surface area is 199 Å². The highest BCUT2D eigenvalue weighted by atomic mass is 19.4. The Bertz CT molecular complexity index is 1040. The van der Waals surface area contributed by atoms with E-state index in [0.29, 0.717) is 19.4 Å². The zero-order valence-corrected chi connectivity index (χ0v) is 19.3. The fourth-order valence-electron chi connectivity index (χ4n) is 4.56. The summed E-state index contributed by atoms with van der Waals surface area (Å²) in [6.07, 6.45) is -1.51. The van der Waals surface area contributed by atoms with E-state index < -0.39 is 17.7 Å². The van der Waals surface area contributed by atoms with Crippen LogP contribution in [0.4, 0.5) is 13.2 Å². The van der Waals surface area contributed by atoms with Crippen LogP contribution in [0.25, 0.3) is 0 Å². The van der Waals surface area contributed by atoms with Crippen LogP contribution in [0.15, 0.2) is 66.7 Å². The molecule has 0 saturated carbocycles. The first-order chi connectivity index (χ1) is 16.1. The molecular formula is C28H30F3NO2. The van der Waals surface area contributed by atoms with Gasteiger partial charge in [0, 0.05) is 19.0 Å². The number of halogens is 3. The van der Waals surface area contributed by atoms with E-state index in [1.807, 2.05) is 25.1 Å². The van der Waals surface area contributed by atoms with E-state index in [0.717, 1.165) is 36.1 Å². The first-order valence-corrected chi connectivity index (χ1v) is 11.5. The number of rotatable bonds is 7. The summed E-state index contributed by atoms with van der Waals surface area (Å²) in [5, 5.41) is 9.31. The van der Waals surface area contributed by atoms with Crippen molar-refractivity contribution < 1.29 is 23.1 Å². The number of carboxylic acid groups (broad SMARTS) is 1. The average Bonchev–Trinajstić information content (AvgIpc) is 2.79. The van der Waals surface area contributed by atoms with Crippen LogP contribution in [-0.4, -0.2) is 28.6 Å². The van der Waals surface area contributed by atoms with Crippen LogP contribution < -0.4 is 0 Å². The minimum absolute atomic E-state index is 0.0371. The molecule has 3 nitrogen and oxygen atoms in total. The highest BCUT2D eigenvalue weighted by Crippen LogP contribution is 2.39. The van der Waals surface area contributed by atoms with E-state index in [1.165, 1.54) is 17.7 Å². The van der Waals surface area contributed by atoms with Gasteiger partial charge in [0.2, 0.25) is 0 Å². The zero-order valence-electron chi connectivity index (χ0n) is 19.3. The van der Waals surface area contributed by atoms with E-state index in [9.17, 15) is 23.1 Å². The number of alkyl halides is 3. The predicted octanol–water partition coefficient (Wildman–Crippen LogP) is 6.51. The highest BCUT2D eigenvalue weighted by molar-refractivity contribution is 5.67. The van der Waals surface area contributed by atoms with Gasteiger partial charge in [-0.3, -0.25) is 9.69 Å². The second-order valence-corrected chi connectivity index (χ2v) is 8.95. The molecule has 180 valence electrons. The maximum atomic E-state index is 13.1. The lowest BCUT2D eigenvalue weighted by Crippen LogP contribution is -2.43. The molecule has 2 aromatic carbocycles. The van der Waals surface area contributed by atoms with Crippen LogP contribution in [0.2, 0.25) is 0 Å². The Kier molecular flexibility index (Phi) is 8.57. The number of carbonyl (C=O) groups is 1. The largest absolute Gasteiger partial charge is 0.481 e. The molecule has 0 spiro atoms. The molecule has 0 unspecified atom stereocenters. The van der Waals surface area contributed by atoms with Crippen molar-refractivity contribution in [2.24, 2.45) is 5.92 Å². The molecule has 1 saturated heterocycles. The van der Waals surface area contributed by atoms with Gasteiger partial charge in [-0.15, -0.1) is 0 Å². The maximum Gasteiger partial charge on any atom is 0.416 e. The molecule has 0 amide bonds. The molecule has 3 atom stereocenters. The lowest BCUT2D eigenvalue weighted by atomic mass is 9.83. The Balaban J connectivity index is 1.91. The quantitative estimate of drug-likeness (QED) is 0.470. The van der Waals surface area contributed by atoms with Crippen LogP contribution in [0.3, 0.4) is 0 Å².